The van der Waals surface area contributed by atoms with Crippen LogP contribution >= 0.6 is 20.2 Å². The van der Waals surface area contributed by atoms with E-state index in [2.05, 4.69) is 71.4 Å². The van der Waals surface area contributed by atoms with Crippen molar-refractivity contribution in [3.8, 4) is 5.75 Å². The Balaban J connectivity index is 1.35. The van der Waals surface area contributed by atoms with E-state index in [9.17, 15) is 0 Å². The Morgan fingerprint density at radius 3 is 2.74 bits per heavy atom. The van der Waals surface area contributed by atoms with Crippen LogP contribution in [0.2, 0.25) is 0 Å². The predicted molar refractivity (Wildman–Crippen MR) is 185 cm³/mol. The van der Waals surface area contributed by atoms with E-state index in [1.165, 1.54) is 16.8 Å². The first kappa shape index (κ1) is 33.5. The third kappa shape index (κ3) is 10.6. The van der Waals surface area contributed by atoms with E-state index in [1.54, 1.807) is 14.2 Å². The summed E-state index contributed by atoms with van der Waals surface area (Å²) in [6.45, 7) is 12.1. The second-order valence-electron chi connectivity index (χ2n) is 10.8. The van der Waals surface area contributed by atoms with Gasteiger partial charge in [-0.05, 0) is 0 Å². The minimum atomic E-state index is -1.89. The molecule has 0 saturated carbocycles. The van der Waals surface area contributed by atoms with Gasteiger partial charge in [-0.2, -0.15) is 0 Å². The molecule has 4 rings (SSSR count). The first-order valence-electron chi connectivity index (χ1n) is 15.4. The summed E-state index contributed by atoms with van der Waals surface area (Å²) in [6, 6.07) is 17.5. The van der Waals surface area contributed by atoms with Crippen molar-refractivity contribution in [2.75, 3.05) is 63.2 Å². The van der Waals surface area contributed by atoms with Crippen LogP contribution in [0.25, 0.3) is 0 Å². The van der Waals surface area contributed by atoms with Crippen LogP contribution in [0.4, 0.5) is 5.69 Å². The zero-order valence-corrected chi connectivity index (χ0v) is 28.3. The van der Waals surface area contributed by atoms with E-state index in [0.29, 0.717) is 23.2 Å². The third-order valence-electron chi connectivity index (χ3n) is 7.75. The molecule has 2 N–H and O–H groups in total. The number of nitrogens with one attached hydrogen (secondary N) is 1. The van der Waals surface area contributed by atoms with E-state index in [1.807, 2.05) is 19.1 Å². The summed E-state index contributed by atoms with van der Waals surface area (Å²) in [6.07, 6.45) is 10.1. The first-order valence-corrected chi connectivity index (χ1v) is 19.0. The number of aliphatic hydroxyl groups is 1. The average Bonchev–Trinajstić information content (AvgIpc) is 3.05. The molecule has 2 atom stereocenters. The Hall–Kier alpha value is -2.37. The minimum absolute atomic E-state index is 0.290. The summed E-state index contributed by atoms with van der Waals surface area (Å²) in [5.41, 5.74) is 4.89. The molecule has 0 spiro atoms. The number of allylic oxidation sites excluding steroid dienone is 4. The van der Waals surface area contributed by atoms with Crippen molar-refractivity contribution in [2.24, 2.45) is 0 Å². The molecular formula is C35H50IN2O5+. The Labute approximate surface area is 266 Å². The first-order chi connectivity index (χ1) is 21.1. The molecule has 2 aliphatic rings. The van der Waals surface area contributed by atoms with E-state index < -0.39 is 20.2 Å². The van der Waals surface area contributed by atoms with E-state index in [-0.39, 0.29) is 0 Å². The topological polar surface area (TPSA) is 65.0 Å². The van der Waals surface area contributed by atoms with Crippen LogP contribution in [0.15, 0.2) is 84.7 Å². The van der Waals surface area contributed by atoms with Crippen molar-refractivity contribution >= 4 is 25.9 Å². The van der Waals surface area contributed by atoms with Crippen LogP contribution < -0.4 is 10.2 Å². The van der Waals surface area contributed by atoms with Gasteiger partial charge < -0.3 is 0 Å². The number of nitrogens with zero attached hydrogens (tertiary/aromatic N) is 1. The molecule has 0 radical (unpaired) electrons. The molecule has 236 valence electrons. The number of anilines is 1. The number of hydrogen-bond acceptors (Lipinski definition) is 6. The maximum absolute atomic E-state index is 6.77. The van der Waals surface area contributed by atoms with Gasteiger partial charge in [0.15, 0.2) is 0 Å². The van der Waals surface area contributed by atoms with Crippen LogP contribution in [-0.4, -0.2) is 73.0 Å². The van der Waals surface area contributed by atoms with Gasteiger partial charge in [-0.1, -0.05) is 0 Å². The molecule has 43 heavy (non-hydrogen) atoms. The molecule has 1 fully saturated rings. The number of aryl methyl sites for hydroxylation is 1. The fraction of sp³-hybridized carbons (Fsp3) is 0.486. The second-order valence-corrected chi connectivity index (χ2v) is 15.8. The van der Waals surface area contributed by atoms with Crippen molar-refractivity contribution in [3.05, 3.63) is 95.8 Å². The number of hydrogen-bond donors (Lipinski definition) is 1. The van der Waals surface area contributed by atoms with Crippen molar-refractivity contribution in [1.29, 1.82) is 0 Å². The van der Waals surface area contributed by atoms with Crippen LogP contribution in [0.5, 0.6) is 5.75 Å². The Bertz CT molecular complexity index is 1190. The van der Waals surface area contributed by atoms with E-state index in [0.717, 1.165) is 80.2 Å². The summed E-state index contributed by atoms with van der Waals surface area (Å²) in [5, 5.41) is 3.76. The molecule has 8 heteroatoms. The van der Waals surface area contributed by atoms with Gasteiger partial charge in [0.1, 0.15) is 0 Å². The van der Waals surface area contributed by atoms with Gasteiger partial charge in [0.25, 0.3) is 0 Å². The van der Waals surface area contributed by atoms with Gasteiger partial charge in [0.2, 0.25) is 0 Å². The summed E-state index contributed by atoms with van der Waals surface area (Å²) in [7, 11) is 3.46. The van der Waals surface area contributed by atoms with Gasteiger partial charge >= 0.3 is 267 Å². The molecule has 0 bridgehead atoms. The van der Waals surface area contributed by atoms with Gasteiger partial charge in [0.05, 0.1) is 0 Å². The van der Waals surface area contributed by atoms with Crippen molar-refractivity contribution in [1.82, 2.24) is 5.32 Å². The number of ether oxygens (including phenoxy) is 4. The fourth-order valence-corrected chi connectivity index (χ4v) is 10.6. The molecule has 1 saturated heterocycles. The Morgan fingerprint density at radius 2 is 1.95 bits per heavy atom. The Morgan fingerprint density at radius 1 is 1.09 bits per heavy atom. The van der Waals surface area contributed by atoms with Crippen LogP contribution in [0.3, 0.4) is 0 Å². The zero-order chi connectivity index (χ0) is 30.3. The van der Waals surface area contributed by atoms with Crippen LogP contribution in [0, 0.1) is 0 Å². The molecular weight excluding hydrogens is 655 g/mol. The average molecular weight is 706 g/mol. The van der Waals surface area contributed by atoms with Crippen molar-refractivity contribution in [2.45, 2.75) is 49.2 Å². The summed E-state index contributed by atoms with van der Waals surface area (Å²) in [4.78, 5) is 2.43. The quantitative estimate of drug-likeness (QED) is 0.0375. The zero-order valence-electron chi connectivity index (χ0n) is 26.1. The third-order valence-corrected chi connectivity index (χ3v) is 13.0. The number of methoxy groups -OCH3 is 2. The number of halogens is 1. The molecule has 2 aromatic carbocycles. The molecule has 0 amide bonds. The van der Waals surface area contributed by atoms with Crippen molar-refractivity contribution < 1.29 is 22.0 Å². The van der Waals surface area contributed by atoms with Gasteiger partial charge in [-0.25, -0.2) is 0 Å². The molecule has 2 aliphatic heterocycles. The molecule has 0 aromatic heterocycles. The summed E-state index contributed by atoms with van der Waals surface area (Å²) in [5.74, 6) is 1.91. The van der Waals surface area contributed by atoms with E-state index >= 15 is 0 Å². The number of rotatable bonds is 17. The molecule has 2 heterocycles. The maximum atomic E-state index is 6.77. The number of benzene rings is 2. The van der Waals surface area contributed by atoms with Crippen LogP contribution in [-0.2, 0) is 30.3 Å². The van der Waals surface area contributed by atoms with Gasteiger partial charge in [-0.15, -0.1) is 0 Å². The second kappa shape index (κ2) is 18.4. The number of aromatic hydroxyl groups is 1. The van der Waals surface area contributed by atoms with E-state index in [4.69, 9.17) is 22.0 Å². The van der Waals surface area contributed by atoms with Gasteiger partial charge in [0, 0.05) is 0 Å². The summed E-state index contributed by atoms with van der Waals surface area (Å²) < 4.78 is 29.6. The molecule has 1 unspecified atom stereocenters. The normalized spacial score (nSPS) is 19.7. The standard InChI is InChI=1S/C35H49IN2O5/c1-5-32(40-4)16-14-28(2)33-24-31(26-41-21-9-13-29-11-7-6-8-12-29)37-27-36(33)43-25-30-15-17-35-34(23-30)38(19-22-42-35)18-10-20-39-3/h5-8,11-12,14-17,23,31,33,37H,2,9-10,13,18-22,24-27H2,1,3-4H3/p+1/b16-14-,32-5+/t31?,33-/m1/s1. The van der Waals surface area contributed by atoms with Crippen LogP contribution in [0.1, 0.15) is 37.3 Å². The predicted octanol–water partition coefficient (Wildman–Crippen LogP) is 6.72. The number of fused-ring (bicyclic) bond motifs is 1. The number of alkyl halides is 2. The monoisotopic (exact) mass is 705 g/mol. The molecule has 7 nitrogen and oxygen atoms in total. The fourth-order valence-electron chi connectivity index (χ4n) is 5.31. The molecule has 0 aliphatic carbocycles. The molecule has 2 aromatic rings. The van der Waals surface area contributed by atoms with Gasteiger partial charge in [-0.3, -0.25) is 0 Å². The Kier molecular flexibility index (Phi) is 14.4. The summed E-state index contributed by atoms with van der Waals surface area (Å²) >= 11 is -1.89. The van der Waals surface area contributed by atoms with Crippen molar-refractivity contribution in [3.63, 3.8) is 0 Å². The SMILES string of the molecule is C=C(/C=C\C(=C/C)OC)[C@H]1CC(COCCCc2ccccc2)NCI1OCc1ccc2c(c1)N(CCCOC)CC[OH+]2.